The molecule has 1 N–H and O–H groups in total. The van der Waals surface area contributed by atoms with Crippen molar-refractivity contribution in [2.24, 2.45) is 0 Å². The maximum absolute atomic E-state index is 12.7. The third-order valence-electron chi connectivity index (χ3n) is 4.70. The van der Waals surface area contributed by atoms with E-state index in [0.717, 1.165) is 47.9 Å². The Balaban J connectivity index is 1.44. The molecule has 3 aromatic rings. The molecule has 0 saturated carbocycles. The molecule has 0 bridgehead atoms. The molecule has 2 heterocycles. The van der Waals surface area contributed by atoms with Crippen LogP contribution in [0.15, 0.2) is 48.5 Å². The minimum atomic E-state index is -0.107. The predicted octanol–water partition coefficient (Wildman–Crippen LogP) is 3.91. The van der Waals surface area contributed by atoms with E-state index in [1.165, 1.54) is 4.70 Å². The number of nitrogens with zero attached hydrogens (tertiary/aromatic N) is 2. The second-order valence-electron chi connectivity index (χ2n) is 6.42. The summed E-state index contributed by atoms with van der Waals surface area (Å²) in [6.07, 6.45) is 1.92. The summed E-state index contributed by atoms with van der Waals surface area (Å²) in [5.74, 6) is 0.829. The van der Waals surface area contributed by atoms with Crippen LogP contribution < -0.4 is 10.1 Å². The summed E-state index contributed by atoms with van der Waals surface area (Å²) in [7, 11) is 1.63. The first-order valence-corrected chi connectivity index (χ1v) is 9.58. The number of likely N-dealkylation sites (tertiary alicyclic amines) is 1. The topological polar surface area (TPSA) is 54.5 Å². The van der Waals surface area contributed by atoms with Crippen molar-refractivity contribution in [2.75, 3.05) is 19.0 Å². The van der Waals surface area contributed by atoms with Gasteiger partial charge in [0, 0.05) is 5.69 Å². The van der Waals surface area contributed by atoms with E-state index in [9.17, 15) is 4.79 Å². The Morgan fingerprint density at radius 3 is 2.85 bits per heavy atom. The van der Waals surface area contributed by atoms with Crippen LogP contribution in [0, 0.1) is 0 Å². The average molecular weight is 367 g/mol. The first-order valence-electron chi connectivity index (χ1n) is 8.76. The third kappa shape index (κ3) is 3.57. The van der Waals surface area contributed by atoms with Gasteiger partial charge < -0.3 is 10.1 Å². The van der Waals surface area contributed by atoms with Crippen molar-refractivity contribution in [3.05, 3.63) is 53.5 Å². The Morgan fingerprint density at radius 2 is 2.08 bits per heavy atom. The highest BCUT2D eigenvalue weighted by molar-refractivity contribution is 7.18. The highest BCUT2D eigenvalue weighted by Crippen LogP contribution is 2.27. The SMILES string of the molecule is COc1ccc(NC(=O)[C@@H]2CCCN2Cc2nc3ccccc3s2)cc1. The fraction of sp³-hybridized carbons (Fsp3) is 0.300. The zero-order chi connectivity index (χ0) is 17.9. The molecule has 1 aromatic heterocycles. The van der Waals surface area contributed by atoms with Gasteiger partial charge in [0.15, 0.2) is 0 Å². The molecule has 0 spiro atoms. The fourth-order valence-electron chi connectivity index (χ4n) is 3.37. The maximum atomic E-state index is 12.7. The van der Waals surface area contributed by atoms with Crippen LogP contribution in [0.2, 0.25) is 0 Å². The Hall–Kier alpha value is -2.44. The Morgan fingerprint density at radius 1 is 1.27 bits per heavy atom. The zero-order valence-electron chi connectivity index (χ0n) is 14.6. The highest BCUT2D eigenvalue weighted by Gasteiger charge is 2.31. The number of hydrogen-bond acceptors (Lipinski definition) is 5. The van der Waals surface area contributed by atoms with Gasteiger partial charge in [0.2, 0.25) is 5.91 Å². The molecule has 1 amide bonds. The Kier molecular flexibility index (Phi) is 4.86. The molecule has 1 aliphatic heterocycles. The molecule has 0 radical (unpaired) electrons. The lowest BCUT2D eigenvalue weighted by atomic mass is 10.2. The Labute approximate surface area is 156 Å². The monoisotopic (exact) mass is 367 g/mol. The number of methoxy groups -OCH3 is 1. The second-order valence-corrected chi connectivity index (χ2v) is 7.54. The molecule has 26 heavy (non-hydrogen) atoms. The summed E-state index contributed by atoms with van der Waals surface area (Å²) in [4.78, 5) is 19.7. The van der Waals surface area contributed by atoms with Gasteiger partial charge in [-0.25, -0.2) is 4.98 Å². The number of rotatable bonds is 5. The first kappa shape index (κ1) is 17.0. The Bertz CT molecular complexity index is 874. The third-order valence-corrected chi connectivity index (χ3v) is 5.72. The van der Waals surface area contributed by atoms with Gasteiger partial charge in [-0.3, -0.25) is 9.69 Å². The van der Waals surface area contributed by atoms with Gasteiger partial charge in [-0.15, -0.1) is 11.3 Å². The van der Waals surface area contributed by atoms with E-state index in [0.29, 0.717) is 0 Å². The van der Waals surface area contributed by atoms with Crippen LogP contribution in [0.25, 0.3) is 10.2 Å². The lowest BCUT2D eigenvalue weighted by molar-refractivity contribution is -0.120. The van der Waals surface area contributed by atoms with E-state index in [2.05, 4.69) is 16.3 Å². The number of para-hydroxylation sites is 1. The number of carbonyl (C=O) groups excluding carboxylic acids is 1. The summed E-state index contributed by atoms with van der Waals surface area (Å²) in [5.41, 5.74) is 1.83. The number of anilines is 1. The van der Waals surface area contributed by atoms with Crippen LogP contribution in [-0.4, -0.2) is 35.5 Å². The lowest BCUT2D eigenvalue weighted by Gasteiger charge is -2.22. The normalized spacial score (nSPS) is 17.5. The highest BCUT2D eigenvalue weighted by atomic mass is 32.1. The standard InChI is InChI=1S/C20H21N3O2S/c1-25-15-10-8-14(9-11-15)21-20(24)17-6-4-12-23(17)13-19-22-16-5-2-3-7-18(16)26-19/h2-3,5,7-11,17H,4,6,12-13H2,1H3,(H,21,24)/t17-/m0/s1. The molecule has 4 rings (SSSR count). The molecule has 2 aromatic carbocycles. The molecule has 6 heteroatoms. The van der Waals surface area contributed by atoms with Gasteiger partial charge in [-0.05, 0) is 55.8 Å². The first-order chi connectivity index (χ1) is 12.7. The minimum absolute atomic E-state index is 0.0498. The minimum Gasteiger partial charge on any atom is -0.497 e. The summed E-state index contributed by atoms with van der Waals surface area (Å²) in [6, 6.07) is 15.5. The number of nitrogens with one attached hydrogen (secondary N) is 1. The molecule has 0 unspecified atom stereocenters. The van der Waals surface area contributed by atoms with E-state index in [1.54, 1.807) is 18.4 Å². The van der Waals surface area contributed by atoms with E-state index in [4.69, 9.17) is 9.72 Å². The van der Waals surface area contributed by atoms with Crippen LogP contribution in [0.1, 0.15) is 17.8 Å². The average Bonchev–Trinajstić information content (AvgIpc) is 3.28. The second kappa shape index (κ2) is 7.43. The van der Waals surface area contributed by atoms with Gasteiger partial charge in [0.25, 0.3) is 0 Å². The smallest absolute Gasteiger partial charge is 0.241 e. The van der Waals surface area contributed by atoms with Gasteiger partial charge in [-0.2, -0.15) is 0 Å². The molecule has 1 saturated heterocycles. The summed E-state index contributed by atoms with van der Waals surface area (Å²) in [6.45, 7) is 1.65. The molecule has 1 aliphatic rings. The molecule has 0 aliphatic carbocycles. The zero-order valence-corrected chi connectivity index (χ0v) is 15.5. The van der Waals surface area contributed by atoms with E-state index in [1.807, 2.05) is 42.5 Å². The summed E-state index contributed by atoms with van der Waals surface area (Å²) >= 11 is 1.71. The van der Waals surface area contributed by atoms with Crippen molar-refractivity contribution >= 4 is 33.1 Å². The van der Waals surface area contributed by atoms with Crippen LogP contribution in [-0.2, 0) is 11.3 Å². The fourth-order valence-corrected chi connectivity index (χ4v) is 4.37. The van der Waals surface area contributed by atoms with Crippen LogP contribution in [0.3, 0.4) is 0 Å². The molecular formula is C20H21N3O2S. The number of aromatic nitrogens is 1. The number of benzene rings is 2. The van der Waals surface area contributed by atoms with Crippen molar-refractivity contribution in [3.63, 3.8) is 0 Å². The van der Waals surface area contributed by atoms with E-state index < -0.39 is 0 Å². The molecule has 1 fully saturated rings. The van der Waals surface area contributed by atoms with Crippen LogP contribution in [0.5, 0.6) is 5.75 Å². The van der Waals surface area contributed by atoms with Crippen LogP contribution >= 0.6 is 11.3 Å². The van der Waals surface area contributed by atoms with E-state index >= 15 is 0 Å². The lowest BCUT2D eigenvalue weighted by Crippen LogP contribution is -2.39. The van der Waals surface area contributed by atoms with Gasteiger partial charge >= 0.3 is 0 Å². The van der Waals surface area contributed by atoms with Crippen LogP contribution in [0.4, 0.5) is 5.69 Å². The van der Waals surface area contributed by atoms with Crippen molar-refractivity contribution < 1.29 is 9.53 Å². The largest absolute Gasteiger partial charge is 0.497 e. The van der Waals surface area contributed by atoms with E-state index in [-0.39, 0.29) is 11.9 Å². The summed E-state index contributed by atoms with van der Waals surface area (Å²) in [5, 5.41) is 4.09. The van der Waals surface area contributed by atoms with Gasteiger partial charge in [-0.1, -0.05) is 12.1 Å². The van der Waals surface area contributed by atoms with Crippen molar-refractivity contribution in [3.8, 4) is 5.75 Å². The number of amides is 1. The predicted molar refractivity (Wildman–Crippen MR) is 105 cm³/mol. The number of carbonyl (C=O) groups is 1. The number of ether oxygens (including phenoxy) is 1. The number of thiazole rings is 1. The number of hydrogen-bond donors (Lipinski definition) is 1. The van der Waals surface area contributed by atoms with Gasteiger partial charge in [0.05, 0.1) is 29.9 Å². The molecule has 134 valence electrons. The molecule has 5 nitrogen and oxygen atoms in total. The summed E-state index contributed by atoms with van der Waals surface area (Å²) < 4.78 is 6.35. The van der Waals surface area contributed by atoms with Gasteiger partial charge in [0.1, 0.15) is 10.8 Å². The van der Waals surface area contributed by atoms with Crippen molar-refractivity contribution in [1.29, 1.82) is 0 Å². The number of fused-ring (bicyclic) bond motifs is 1. The quantitative estimate of drug-likeness (QED) is 0.743. The molecule has 1 atom stereocenters. The molecular weight excluding hydrogens is 346 g/mol. The van der Waals surface area contributed by atoms with Crippen molar-refractivity contribution in [2.45, 2.75) is 25.4 Å². The van der Waals surface area contributed by atoms with Crippen molar-refractivity contribution in [1.82, 2.24) is 9.88 Å². The maximum Gasteiger partial charge on any atom is 0.241 e.